The molecule has 1 aliphatic rings. The van der Waals surface area contributed by atoms with Gasteiger partial charge in [-0.3, -0.25) is 14.4 Å². The lowest BCUT2D eigenvalue weighted by Crippen LogP contribution is -2.39. The third-order valence-corrected chi connectivity index (χ3v) is 5.47. The second kappa shape index (κ2) is 8.98. The van der Waals surface area contributed by atoms with Crippen LogP contribution in [0.5, 0.6) is 5.75 Å². The molecule has 0 aromatic heterocycles. The predicted octanol–water partition coefficient (Wildman–Crippen LogP) is 2.76. The van der Waals surface area contributed by atoms with Crippen molar-refractivity contribution in [2.75, 3.05) is 37.5 Å². The van der Waals surface area contributed by atoms with Crippen molar-refractivity contribution in [1.29, 1.82) is 0 Å². The van der Waals surface area contributed by atoms with Gasteiger partial charge in [-0.05, 0) is 43.2 Å². The van der Waals surface area contributed by atoms with Crippen LogP contribution in [-0.4, -0.2) is 49.9 Å². The maximum atomic E-state index is 12.8. The van der Waals surface area contributed by atoms with Gasteiger partial charge in [-0.15, -0.1) is 0 Å². The first-order chi connectivity index (χ1) is 14.3. The molecule has 0 saturated carbocycles. The summed E-state index contributed by atoms with van der Waals surface area (Å²) >= 11 is 0. The number of amides is 3. The van der Waals surface area contributed by atoms with Gasteiger partial charge in [-0.2, -0.15) is 0 Å². The minimum atomic E-state index is -0.484. The molecule has 1 aliphatic heterocycles. The van der Waals surface area contributed by atoms with E-state index >= 15 is 0 Å². The van der Waals surface area contributed by atoms with E-state index in [0.29, 0.717) is 11.4 Å². The summed E-state index contributed by atoms with van der Waals surface area (Å²) in [6.07, 6.45) is 0.124. The number of nitrogens with one attached hydrogen (secondary N) is 1. The summed E-state index contributed by atoms with van der Waals surface area (Å²) in [6, 6.07) is 12.9. The molecule has 1 saturated heterocycles. The molecule has 30 heavy (non-hydrogen) atoms. The van der Waals surface area contributed by atoms with Crippen molar-refractivity contribution in [3.05, 3.63) is 53.6 Å². The van der Waals surface area contributed by atoms with Gasteiger partial charge in [0.2, 0.25) is 17.7 Å². The molecular formula is C23H27N3O4. The van der Waals surface area contributed by atoms with Gasteiger partial charge >= 0.3 is 0 Å². The van der Waals surface area contributed by atoms with Gasteiger partial charge in [-0.1, -0.05) is 18.2 Å². The molecule has 3 amide bonds. The maximum absolute atomic E-state index is 12.8. The number of carbonyl (C=O) groups excluding carboxylic acids is 3. The highest BCUT2D eigenvalue weighted by Gasteiger charge is 2.36. The average molecular weight is 409 g/mol. The van der Waals surface area contributed by atoms with Crippen LogP contribution in [0.25, 0.3) is 0 Å². The van der Waals surface area contributed by atoms with E-state index < -0.39 is 5.92 Å². The quantitative estimate of drug-likeness (QED) is 0.796. The molecule has 1 unspecified atom stereocenters. The van der Waals surface area contributed by atoms with Crippen LogP contribution in [0.3, 0.4) is 0 Å². The van der Waals surface area contributed by atoms with E-state index in [1.807, 2.05) is 38.1 Å². The van der Waals surface area contributed by atoms with Gasteiger partial charge in [0.05, 0.1) is 19.6 Å². The maximum Gasteiger partial charge on any atom is 0.243 e. The van der Waals surface area contributed by atoms with Crippen LogP contribution in [0.1, 0.15) is 17.5 Å². The molecular weight excluding hydrogens is 382 g/mol. The molecule has 1 heterocycles. The van der Waals surface area contributed by atoms with E-state index in [4.69, 9.17) is 4.74 Å². The summed E-state index contributed by atoms with van der Waals surface area (Å²) in [5.74, 6) is -0.439. The first-order valence-corrected chi connectivity index (χ1v) is 9.85. The zero-order valence-corrected chi connectivity index (χ0v) is 17.8. The minimum absolute atomic E-state index is 0.0733. The first kappa shape index (κ1) is 21.4. The predicted molar refractivity (Wildman–Crippen MR) is 116 cm³/mol. The van der Waals surface area contributed by atoms with E-state index in [2.05, 4.69) is 5.32 Å². The van der Waals surface area contributed by atoms with E-state index in [9.17, 15) is 14.4 Å². The summed E-state index contributed by atoms with van der Waals surface area (Å²) in [6.45, 7) is 4.13. The third-order valence-electron chi connectivity index (χ3n) is 5.47. The van der Waals surface area contributed by atoms with Crippen LogP contribution in [0.2, 0.25) is 0 Å². The van der Waals surface area contributed by atoms with Crippen molar-refractivity contribution in [3.63, 3.8) is 0 Å². The molecule has 0 aliphatic carbocycles. The summed E-state index contributed by atoms with van der Waals surface area (Å²) in [4.78, 5) is 40.7. The minimum Gasteiger partial charge on any atom is -0.497 e. The number of rotatable bonds is 6. The van der Waals surface area contributed by atoms with Crippen molar-refractivity contribution in [2.45, 2.75) is 20.3 Å². The monoisotopic (exact) mass is 409 g/mol. The topological polar surface area (TPSA) is 79.0 Å². The normalized spacial score (nSPS) is 15.8. The fraction of sp³-hybridized carbons (Fsp3) is 0.348. The zero-order valence-electron chi connectivity index (χ0n) is 17.8. The number of ether oxygens (including phenoxy) is 1. The van der Waals surface area contributed by atoms with E-state index in [-0.39, 0.29) is 37.2 Å². The largest absolute Gasteiger partial charge is 0.497 e. The van der Waals surface area contributed by atoms with Gasteiger partial charge in [0.25, 0.3) is 0 Å². The number of methoxy groups -OCH3 is 1. The lowest BCUT2D eigenvalue weighted by Gasteiger charge is -2.21. The van der Waals surface area contributed by atoms with Gasteiger partial charge in [0, 0.05) is 37.5 Å². The molecule has 1 atom stereocenters. The number of benzene rings is 2. The number of carbonyl (C=O) groups is 3. The number of hydrogen-bond donors (Lipinski definition) is 1. The Balaban J connectivity index is 1.61. The van der Waals surface area contributed by atoms with Crippen LogP contribution in [0.15, 0.2) is 42.5 Å². The Morgan fingerprint density at radius 2 is 1.93 bits per heavy atom. The molecule has 2 aromatic carbocycles. The van der Waals surface area contributed by atoms with Crippen LogP contribution < -0.4 is 15.0 Å². The molecule has 7 heteroatoms. The van der Waals surface area contributed by atoms with Gasteiger partial charge in [0.15, 0.2) is 0 Å². The molecule has 0 spiro atoms. The Hall–Kier alpha value is -3.35. The number of likely N-dealkylation sites (N-methyl/N-ethyl adjacent to an activating group) is 1. The first-order valence-electron chi connectivity index (χ1n) is 9.85. The molecule has 158 valence electrons. The summed E-state index contributed by atoms with van der Waals surface area (Å²) in [5, 5.41) is 2.86. The Labute approximate surface area is 176 Å². The van der Waals surface area contributed by atoms with Gasteiger partial charge in [0.1, 0.15) is 5.75 Å². The molecule has 0 bridgehead atoms. The lowest BCUT2D eigenvalue weighted by atomic mass is 10.1. The highest BCUT2D eigenvalue weighted by atomic mass is 16.5. The summed E-state index contributed by atoms with van der Waals surface area (Å²) < 4.78 is 5.21. The SMILES string of the molecule is COc1cccc(N2CC(C(=O)N(C)CC(=O)Nc3cccc(C)c3C)CC2=O)c1. The summed E-state index contributed by atoms with van der Waals surface area (Å²) in [7, 11) is 3.15. The smallest absolute Gasteiger partial charge is 0.243 e. The molecule has 7 nitrogen and oxygen atoms in total. The Morgan fingerprint density at radius 3 is 2.67 bits per heavy atom. The van der Waals surface area contributed by atoms with Crippen molar-refractivity contribution in [1.82, 2.24) is 4.90 Å². The fourth-order valence-corrected chi connectivity index (χ4v) is 3.58. The third kappa shape index (κ3) is 4.62. The van der Waals surface area contributed by atoms with Crippen LogP contribution in [0, 0.1) is 19.8 Å². The van der Waals surface area contributed by atoms with E-state index in [0.717, 1.165) is 16.8 Å². The van der Waals surface area contributed by atoms with Crippen LogP contribution in [0.4, 0.5) is 11.4 Å². The van der Waals surface area contributed by atoms with Crippen molar-refractivity contribution < 1.29 is 19.1 Å². The second-order valence-corrected chi connectivity index (χ2v) is 7.60. The Kier molecular flexibility index (Phi) is 6.40. The highest BCUT2D eigenvalue weighted by Crippen LogP contribution is 2.28. The van der Waals surface area contributed by atoms with E-state index in [1.165, 1.54) is 4.90 Å². The summed E-state index contributed by atoms with van der Waals surface area (Å²) in [5.41, 5.74) is 3.51. The van der Waals surface area contributed by atoms with E-state index in [1.54, 1.807) is 37.3 Å². The highest BCUT2D eigenvalue weighted by molar-refractivity contribution is 6.01. The van der Waals surface area contributed by atoms with Crippen molar-refractivity contribution in [2.24, 2.45) is 5.92 Å². The molecule has 1 fully saturated rings. The number of nitrogens with zero attached hydrogens (tertiary/aromatic N) is 2. The average Bonchev–Trinajstić information content (AvgIpc) is 3.12. The Bertz CT molecular complexity index is 973. The van der Waals surface area contributed by atoms with Gasteiger partial charge < -0.3 is 19.9 Å². The lowest BCUT2D eigenvalue weighted by molar-refractivity contribution is -0.137. The second-order valence-electron chi connectivity index (χ2n) is 7.60. The molecule has 1 N–H and O–H groups in total. The molecule has 3 rings (SSSR count). The van der Waals surface area contributed by atoms with Crippen molar-refractivity contribution >= 4 is 29.1 Å². The number of aryl methyl sites for hydroxylation is 1. The van der Waals surface area contributed by atoms with Gasteiger partial charge in [-0.25, -0.2) is 0 Å². The van der Waals surface area contributed by atoms with Crippen LogP contribution in [-0.2, 0) is 14.4 Å². The number of anilines is 2. The van der Waals surface area contributed by atoms with Crippen molar-refractivity contribution in [3.8, 4) is 5.75 Å². The Morgan fingerprint density at radius 1 is 1.20 bits per heavy atom. The van der Waals surface area contributed by atoms with Crippen LogP contribution >= 0.6 is 0 Å². The molecule has 0 radical (unpaired) electrons. The molecule has 2 aromatic rings. The fourth-order valence-electron chi connectivity index (χ4n) is 3.58. The number of hydrogen-bond acceptors (Lipinski definition) is 4. The standard InChI is InChI=1S/C23H27N3O4/c1-15-7-5-10-20(16(15)2)24-21(27)14-25(3)23(29)17-11-22(28)26(13-17)18-8-6-9-19(12-18)30-4/h5-10,12,17H,11,13-14H2,1-4H3,(H,24,27). The zero-order chi connectivity index (χ0) is 21.8.